The number of aromatic nitrogens is 4. The second kappa shape index (κ2) is 10.9. The van der Waals surface area contributed by atoms with Crippen LogP contribution in [0.15, 0.2) is 42.7 Å². The van der Waals surface area contributed by atoms with Crippen molar-refractivity contribution in [2.24, 2.45) is 5.92 Å². The van der Waals surface area contributed by atoms with Crippen LogP contribution in [-0.2, 0) is 6.54 Å². The highest BCUT2D eigenvalue weighted by atomic mass is 32.1. The monoisotopic (exact) mass is 562 g/mol. The van der Waals surface area contributed by atoms with E-state index in [2.05, 4.69) is 35.3 Å². The van der Waals surface area contributed by atoms with Gasteiger partial charge in [-0.1, -0.05) is 12.1 Å². The minimum absolute atomic E-state index is 0.217. The lowest BCUT2D eigenvalue weighted by Crippen LogP contribution is -2.35. The summed E-state index contributed by atoms with van der Waals surface area (Å²) in [5.41, 5.74) is 2.58. The molecule has 0 saturated heterocycles. The van der Waals surface area contributed by atoms with E-state index in [9.17, 15) is 28.5 Å². The van der Waals surface area contributed by atoms with Gasteiger partial charge in [0.15, 0.2) is 0 Å². The average Bonchev–Trinajstić information content (AvgIpc) is 3.43. The number of aliphatic hydroxyl groups is 3. The quantitative estimate of drug-likeness (QED) is 0.216. The highest BCUT2D eigenvalue weighted by molar-refractivity contribution is 7.21. The first-order valence-electron chi connectivity index (χ1n) is 12.0. The van der Waals surface area contributed by atoms with E-state index >= 15 is 0 Å². The fraction of sp³-hybridized carbons (Fsp3) is 0.360. The van der Waals surface area contributed by atoms with Crippen LogP contribution in [-0.4, -0.2) is 66.5 Å². The van der Waals surface area contributed by atoms with Crippen molar-refractivity contribution < 1.29 is 33.2 Å². The molecule has 14 heteroatoms. The Kier molecular flexibility index (Phi) is 7.53. The number of fused-ring (bicyclic) bond motifs is 1. The van der Waals surface area contributed by atoms with Crippen molar-refractivity contribution in [3.8, 4) is 16.3 Å². The third-order valence-corrected chi connectivity index (χ3v) is 7.51. The van der Waals surface area contributed by atoms with Crippen molar-refractivity contribution in [2.75, 3.05) is 17.2 Å². The van der Waals surface area contributed by atoms with Crippen molar-refractivity contribution in [1.29, 1.82) is 0 Å². The predicted octanol–water partition coefficient (Wildman–Crippen LogP) is 3.48. The van der Waals surface area contributed by atoms with Crippen LogP contribution in [0, 0.1) is 12.8 Å². The van der Waals surface area contributed by atoms with Gasteiger partial charge in [0.1, 0.15) is 28.2 Å². The van der Waals surface area contributed by atoms with Gasteiger partial charge in [-0.05, 0) is 37.1 Å². The van der Waals surface area contributed by atoms with E-state index in [-0.39, 0.29) is 24.8 Å². The highest BCUT2D eigenvalue weighted by Crippen LogP contribution is 2.38. The number of anilines is 2. The highest BCUT2D eigenvalue weighted by Gasteiger charge is 2.41. The molecule has 1 aliphatic rings. The first-order valence-corrected chi connectivity index (χ1v) is 12.8. The summed E-state index contributed by atoms with van der Waals surface area (Å²) in [6.45, 7) is 1.74. The molecule has 1 aromatic carbocycles. The first-order chi connectivity index (χ1) is 18.6. The molecule has 4 atom stereocenters. The van der Waals surface area contributed by atoms with Gasteiger partial charge in [-0.3, -0.25) is 4.98 Å². The number of nitrogens with zero attached hydrogens (tertiary/aromatic N) is 4. The minimum atomic E-state index is -4.77. The van der Waals surface area contributed by atoms with E-state index in [0.717, 1.165) is 4.70 Å². The van der Waals surface area contributed by atoms with E-state index in [1.54, 1.807) is 19.3 Å². The van der Waals surface area contributed by atoms with Crippen LogP contribution >= 0.6 is 11.3 Å². The van der Waals surface area contributed by atoms with Gasteiger partial charge < -0.3 is 30.7 Å². The van der Waals surface area contributed by atoms with Crippen molar-refractivity contribution in [2.45, 2.75) is 44.5 Å². The predicted molar refractivity (Wildman–Crippen MR) is 138 cm³/mol. The summed E-state index contributed by atoms with van der Waals surface area (Å²) >= 11 is 1.43. The Morgan fingerprint density at radius 3 is 2.51 bits per heavy atom. The lowest BCUT2D eigenvalue weighted by Gasteiger charge is -2.21. The molecule has 0 amide bonds. The molecule has 39 heavy (non-hydrogen) atoms. The van der Waals surface area contributed by atoms with E-state index in [4.69, 9.17) is 0 Å². The van der Waals surface area contributed by atoms with Crippen LogP contribution in [0.3, 0.4) is 0 Å². The van der Waals surface area contributed by atoms with Gasteiger partial charge in [0, 0.05) is 25.3 Å². The SMILES string of the molecule is Cc1nc(NCc2ccc(OC(F)(F)F)cc2)nc(N[C@@H]2C[C@H](CO)[C@@H](O)[C@H]2O)c1-c1nc2cnccc2s1. The maximum absolute atomic E-state index is 12.4. The number of halogens is 3. The molecule has 3 aromatic heterocycles. The summed E-state index contributed by atoms with van der Waals surface area (Å²) in [7, 11) is 0. The third kappa shape index (κ3) is 6.03. The van der Waals surface area contributed by atoms with E-state index in [0.29, 0.717) is 39.6 Å². The summed E-state index contributed by atoms with van der Waals surface area (Å²) in [4.78, 5) is 18.0. The van der Waals surface area contributed by atoms with Crippen LogP contribution in [0.2, 0.25) is 0 Å². The molecule has 0 unspecified atom stereocenters. The molecular weight excluding hydrogens is 537 g/mol. The zero-order valence-electron chi connectivity index (χ0n) is 20.6. The van der Waals surface area contributed by atoms with Gasteiger partial charge >= 0.3 is 6.36 Å². The number of hydrogen-bond donors (Lipinski definition) is 5. The molecule has 10 nitrogen and oxygen atoms in total. The standard InChI is InChI=1S/C25H25F3N6O4S/c1-12-19(23-33-17-10-29-7-6-18(17)39-23)22(32-16-8-14(11-35)20(36)21(16)37)34-24(31-12)30-9-13-2-4-15(5-3-13)38-25(26,27)28/h2-7,10,14,16,20-21,35-37H,8-9,11H2,1H3,(H2,30,31,32,34)/t14-,16-,20-,21+/m1/s1. The van der Waals surface area contributed by atoms with E-state index in [1.165, 1.54) is 35.6 Å². The largest absolute Gasteiger partial charge is 0.573 e. The molecule has 0 bridgehead atoms. The Hall–Kier alpha value is -3.59. The molecule has 5 N–H and O–H groups in total. The van der Waals surface area contributed by atoms with Gasteiger partial charge in [-0.2, -0.15) is 4.98 Å². The molecule has 4 aromatic rings. The van der Waals surface area contributed by atoms with Crippen LogP contribution in [0.1, 0.15) is 17.7 Å². The summed E-state index contributed by atoms with van der Waals surface area (Å²) in [6.07, 6.45) is -3.33. The van der Waals surface area contributed by atoms with Crippen LogP contribution in [0.5, 0.6) is 5.75 Å². The Morgan fingerprint density at radius 1 is 1.08 bits per heavy atom. The lowest BCUT2D eigenvalue weighted by atomic mass is 10.1. The van der Waals surface area contributed by atoms with E-state index in [1.807, 2.05) is 6.07 Å². The molecule has 1 aliphatic carbocycles. The maximum atomic E-state index is 12.4. The summed E-state index contributed by atoms with van der Waals surface area (Å²) in [6, 6.07) is 6.70. The number of aliphatic hydroxyl groups excluding tert-OH is 3. The Bertz CT molecular complexity index is 1420. The lowest BCUT2D eigenvalue weighted by molar-refractivity contribution is -0.274. The number of pyridine rings is 1. The molecule has 206 valence electrons. The number of nitrogens with one attached hydrogen (secondary N) is 2. The van der Waals surface area contributed by atoms with Gasteiger partial charge in [-0.15, -0.1) is 24.5 Å². The second-order valence-electron chi connectivity index (χ2n) is 9.17. The minimum Gasteiger partial charge on any atom is -0.406 e. The number of rotatable bonds is 8. The van der Waals surface area contributed by atoms with Crippen LogP contribution in [0.4, 0.5) is 24.9 Å². The van der Waals surface area contributed by atoms with Crippen molar-refractivity contribution in [1.82, 2.24) is 19.9 Å². The number of alkyl halides is 3. The number of thiazole rings is 1. The van der Waals surface area contributed by atoms with Crippen LogP contribution < -0.4 is 15.4 Å². The van der Waals surface area contributed by atoms with Crippen LogP contribution in [0.25, 0.3) is 20.8 Å². The van der Waals surface area contributed by atoms with Crippen molar-refractivity contribution in [3.63, 3.8) is 0 Å². The molecule has 0 spiro atoms. The number of hydrogen-bond acceptors (Lipinski definition) is 11. The topological polar surface area (TPSA) is 146 Å². The summed E-state index contributed by atoms with van der Waals surface area (Å²) in [5.74, 6) is -0.192. The fourth-order valence-corrected chi connectivity index (χ4v) is 5.54. The fourth-order valence-electron chi connectivity index (χ4n) is 4.51. The van der Waals surface area contributed by atoms with Gasteiger partial charge in [0.2, 0.25) is 5.95 Å². The Balaban J connectivity index is 1.43. The van der Waals surface area contributed by atoms with Gasteiger partial charge in [0.25, 0.3) is 0 Å². The number of benzene rings is 1. The molecule has 0 radical (unpaired) electrons. The van der Waals surface area contributed by atoms with Crippen molar-refractivity contribution in [3.05, 3.63) is 54.0 Å². The number of aryl methyl sites for hydroxylation is 1. The average molecular weight is 563 g/mol. The maximum Gasteiger partial charge on any atom is 0.573 e. The second-order valence-corrected chi connectivity index (χ2v) is 10.2. The van der Waals surface area contributed by atoms with Gasteiger partial charge in [0.05, 0.1) is 34.3 Å². The third-order valence-electron chi connectivity index (χ3n) is 6.46. The molecular formula is C25H25F3N6O4S. The summed E-state index contributed by atoms with van der Waals surface area (Å²) in [5, 5.41) is 37.4. The normalized spacial score (nSPS) is 21.3. The first kappa shape index (κ1) is 27.0. The molecule has 1 fully saturated rings. The Labute approximate surface area is 224 Å². The molecule has 1 saturated carbocycles. The zero-order chi connectivity index (χ0) is 27.7. The van der Waals surface area contributed by atoms with E-state index < -0.39 is 30.5 Å². The zero-order valence-corrected chi connectivity index (χ0v) is 21.4. The molecule has 0 aliphatic heterocycles. The van der Waals surface area contributed by atoms with Gasteiger partial charge in [-0.25, -0.2) is 9.97 Å². The smallest absolute Gasteiger partial charge is 0.406 e. The molecule has 5 rings (SSSR count). The number of ether oxygens (including phenoxy) is 1. The Morgan fingerprint density at radius 2 is 1.85 bits per heavy atom. The molecule has 3 heterocycles. The van der Waals surface area contributed by atoms with Crippen molar-refractivity contribution >= 4 is 33.3 Å². The summed E-state index contributed by atoms with van der Waals surface area (Å²) < 4.78 is 42.1.